The van der Waals surface area contributed by atoms with Crippen molar-refractivity contribution in [1.29, 1.82) is 0 Å². The van der Waals surface area contributed by atoms with Crippen molar-refractivity contribution < 1.29 is 19.5 Å². The van der Waals surface area contributed by atoms with Crippen LogP contribution in [0.5, 0.6) is 0 Å². The van der Waals surface area contributed by atoms with E-state index in [9.17, 15) is 9.90 Å². The Hall–Kier alpha value is -0.610. The van der Waals surface area contributed by atoms with Gasteiger partial charge in [0.25, 0.3) is 0 Å². The Morgan fingerprint density at radius 3 is 1.36 bits per heavy atom. The van der Waals surface area contributed by atoms with E-state index in [1.807, 2.05) is 0 Å². The minimum Gasteiger partial charge on any atom is -0.550 e. The molecule has 0 fully saturated rings. The zero-order valence-electron chi connectivity index (χ0n) is 17.5. The second-order valence-corrected chi connectivity index (χ2v) is 8.10. The molecule has 1 N–H and O–H groups in total. The van der Waals surface area contributed by atoms with Crippen LogP contribution in [-0.4, -0.2) is 49.9 Å². The van der Waals surface area contributed by atoms with Crippen LogP contribution in [0.15, 0.2) is 0 Å². The highest BCUT2D eigenvalue weighted by molar-refractivity contribution is 5.63. The van der Waals surface area contributed by atoms with Gasteiger partial charge in [-0.15, -0.1) is 0 Å². The van der Waals surface area contributed by atoms with Crippen molar-refractivity contribution in [2.75, 3.05) is 34.3 Å². The van der Waals surface area contributed by atoms with E-state index in [0.717, 1.165) is 23.9 Å². The second kappa shape index (κ2) is 19.7. The number of likely N-dealkylation sites (N-methyl/N-ethyl adjacent to an activating group) is 1. The van der Waals surface area contributed by atoms with E-state index in [1.54, 1.807) is 0 Å². The number of carbonyl (C=O) groups excluding carboxylic acids is 1. The molecule has 0 spiro atoms. The minimum atomic E-state index is -0.905. The van der Waals surface area contributed by atoms with Crippen LogP contribution < -0.4 is 5.11 Å². The van der Waals surface area contributed by atoms with Crippen LogP contribution >= 0.6 is 0 Å². The monoisotopic (exact) mass is 359 g/mol. The fourth-order valence-corrected chi connectivity index (χ4v) is 2.59. The van der Waals surface area contributed by atoms with Crippen LogP contribution in [0.2, 0.25) is 0 Å². The fraction of sp³-hybridized carbons (Fsp3) is 0.952. The lowest BCUT2D eigenvalue weighted by molar-refractivity contribution is -0.870. The molecule has 0 unspecified atom stereocenters. The van der Waals surface area contributed by atoms with Gasteiger partial charge in [0.05, 0.1) is 27.7 Å². The van der Waals surface area contributed by atoms with Crippen LogP contribution in [0.25, 0.3) is 0 Å². The number of aliphatic hydroxyl groups excluding tert-OH is 1. The van der Waals surface area contributed by atoms with Gasteiger partial charge < -0.3 is 19.5 Å². The average molecular weight is 360 g/mol. The van der Waals surface area contributed by atoms with E-state index < -0.39 is 5.97 Å². The summed E-state index contributed by atoms with van der Waals surface area (Å²) in [5.74, 6) is -0.905. The Morgan fingerprint density at radius 2 is 1.12 bits per heavy atom. The molecule has 0 atom stereocenters. The van der Waals surface area contributed by atoms with Gasteiger partial charge in [0.15, 0.2) is 0 Å². The van der Waals surface area contributed by atoms with E-state index in [-0.39, 0.29) is 13.0 Å². The van der Waals surface area contributed by atoms with Gasteiger partial charge in [0, 0.05) is 5.97 Å². The third kappa shape index (κ3) is 31.6. The molecule has 0 rings (SSSR count). The van der Waals surface area contributed by atoms with E-state index >= 15 is 0 Å². The second-order valence-electron chi connectivity index (χ2n) is 8.10. The standard InChI is InChI=1S/C16H32O2.C5H14NO/c1-2-3-4-5-6-7-8-9-10-11-12-13-14-15-16(17)18;1-6(2,3)4-5-7/h2-15H2,1H3,(H,17,18);7H,4-5H2,1-3H3/q;+1/p-1. The highest BCUT2D eigenvalue weighted by Gasteiger charge is 2.02. The number of carboxylic acids is 1. The number of quaternary nitrogens is 1. The number of rotatable bonds is 16. The number of nitrogens with zero attached hydrogens (tertiary/aromatic N) is 1. The predicted molar refractivity (Wildman–Crippen MR) is 105 cm³/mol. The van der Waals surface area contributed by atoms with Crippen molar-refractivity contribution in [3.8, 4) is 0 Å². The normalized spacial score (nSPS) is 11.1. The van der Waals surface area contributed by atoms with Gasteiger partial charge in [-0.05, 0) is 12.8 Å². The quantitative estimate of drug-likeness (QED) is 0.336. The summed E-state index contributed by atoms with van der Waals surface area (Å²) < 4.78 is 0.844. The molecule has 0 radical (unpaired) electrons. The smallest absolute Gasteiger partial charge is 0.101 e. The number of carboxylic acid groups (broad SMARTS) is 1. The van der Waals surface area contributed by atoms with Crippen LogP contribution in [0, 0.1) is 0 Å². The van der Waals surface area contributed by atoms with Crippen LogP contribution in [0.4, 0.5) is 0 Å². The zero-order chi connectivity index (χ0) is 19.4. The molecule has 0 aromatic heterocycles. The van der Waals surface area contributed by atoms with E-state index in [2.05, 4.69) is 28.1 Å². The maximum atomic E-state index is 10.2. The van der Waals surface area contributed by atoms with E-state index in [0.29, 0.717) is 0 Å². The zero-order valence-corrected chi connectivity index (χ0v) is 17.5. The van der Waals surface area contributed by atoms with Gasteiger partial charge in [0.1, 0.15) is 6.54 Å². The Kier molecular flexibility index (Phi) is 21.0. The molecule has 0 aliphatic carbocycles. The molecular weight excluding hydrogens is 314 g/mol. The molecule has 0 aliphatic rings. The number of aliphatic carboxylic acids is 1. The lowest BCUT2D eigenvalue weighted by atomic mass is 10.0. The number of aliphatic hydroxyl groups is 1. The van der Waals surface area contributed by atoms with Crippen molar-refractivity contribution >= 4 is 5.97 Å². The number of carbonyl (C=O) groups is 1. The summed E-state index contributed by atoms with van der Waals surface area (Å²) in [5, 5.41) is 18.6. The molecule has 0 aromatic carbocycles. The number of hydrogen-bond donors (Lipinski definition) is 1. The maximum Gasteiger partial charge on any atom is 0.101 e. The van der Waals surface area contributed by atoms with Crippen molar-refractivity contribution in [2.45, 2.75) is 96.8 Å². The van der Waals surface area contributed by atoms with Gasteiger partial charge in [-0.3, -0.25) is 0 Å². The summed E-state index contributed by atoms with van der Waals surface area (Å²) in [4.78, 5) is 10.2. The molecular formula is C21H45NO3. The first-order chi connectivity index (χ1) is 11.8. The molecule has 4 nitrogen and oxygen atoms in total. The van der Waals surface area contributed by atoms with Gasteiger partial charge in [-0.2, -0.15) is 0 Å². The first-order valence-corrected chi connectivity index (χ1v) is 10.4. The van der Waals surface area contributed by atoms with Gasteiger partial charge in [0.2, 0.25) is 0 Å². The van der Waals surface area contributed by atoms with Gasteiger partial charge >= 0.3 is 0 Å². The fourth-order valence-electron chi connectivity index (χ4n) is 2.59. The molecule has 0 saturated carbocycles. The lowest BCUT2D eigenvalue weighted by Gasteiger charge is -2.21. The third-order valence-electron chi connectivity index (χ3n) is 4.26. The third-order valence-corrected chi connectivity index (χ3v) is 4.26. The lowest BCUT2D eigenvalue weighted by Crippen LogP contribution is -2.36. The van der Waals surface area contributed by atoms with Crippen LogP contribution in [0.1, 0.15) is 96.8 Å². The minimum absolute atomic E-state index is 0.234. The first-order valence-electron chi connectivity index (χ1n) is 10.4. The summed E-state index contributed by atoms with van der Waals surface area (Å²) in [5.41, 5.74) is 0. The Morgan fingerprint density at radius 1 is 0.760 bits per heavy atom. The maximum absolute atomic E-state index is 10.2. The molecule has 0 aromatic rings. The molecule has 0 saturated heterocycles. The van der Waals surface area contributed by atoms with Crippen molar-refractivity contribution in [3.05, 3.63) is 0 Å². The predicted octanol–water partition coefficient (Wildman–Crippen LogP) is 3.90. The van der Waals surface area contributed by atoms with Crippen molar-refractivity contribution in [3.63, 3.8) is 0 Å². The van der Waals surface area contributed by atoms with E-state index in [1.165, 1.54) is 70.6 Å². The average Bonchev–Trinajstić information content (AvgIpc) is 2.51. The summed E-state index contributed by atoms with van der Waals surface area (Å²) in [6, 6.07) is 0. The summed E-state index contributed by atoms with van der Waals surface area (Å²) in [6.07, 6.45) is 16.9. The van der Waals surface area contributed by atoms with Crippen molar-refractivity contribution in [1.82, 2.24) is 0 Å². The van der Waals surface area contributed by atoms with Gasteiger partial charge in [-0.1, -0.05) is 84.0 Å². The molecule has 0 bridgehead atoms. The molecule has 4 heteroatoms. The van der Waals surface area contributed by atoms with Crippen LogP contribution in [0.3, 0.4) is 0 Å². The highest BCUT2D eigenvalue weighted by Crippen LogP contribution is 2.12. The number of hydrogen-bond acceptors (Lipinski definition) is 3. The summed E-state index contributed by atoms with van der Waals surface area (Å²) in [7, 11) is 6.16. The Bertz CT molecular complexity index is 275. The summed E-state index contributed by atoms with van der Waals surface area (Å²) >= 11 is 0. The van der Waals surface area contributed by atoms with Crippen LogP contribution in [-0.2, 0) is 4.79 Å². The molecule has 25 heavy (non-hydrogen) atoms. The highest BCUT2D eigenvalue weighted by atomic mass is 16.4. The molecule has 0 aliphatic heterocycles. The Balaban J connectivity index is 0. The SMILES string of the molecule is CCCCCCCCCCCCCCCC(=O)[O-].C[N+](C)(C)CCO. The topological polar surface area (TPSA) is 60.4 Å². The molecule has 152 valence electrons. The van der Waals surface area contributed by atoms with Crippen molar-refractivity contribution in [2.24, 2.45) is 0 Å². The summed E-state index contributed by atoms with van der Waals surface area (Å²) in [6.45, 7) is 3.37. The molecule has 0 amide bonds. The Labute approximate surface area is 157 Å². The van der Waals surface area contributed by atoms with Gasteiger partial charge in [-0.25, -0.2) is 0 Å². The number of unbranched alkanes of at least 4 members (excludes halogenated alkanes) is 12. The van der Waals surface area contributed by atoms with E-state index in [4.69, 9.17) is 5.11 Å². The molecule has 0 heterocycles. The largest absolute Gasteiger partial charge is 0.550 e. The first kappa shape index (κ1) is 26.6.